The Labute approximate surface area is 144 Å². The van der Waals surface area contributed by atoms with E-state index in [9.17, 15) is 14.0 Å². The molecule has 6 heteroatoms. The minimum absolute atomic E-state index is 0.179. The van der Waals surface area contributed by atoms with E-state index >= 15 is 0 Å². The Morgan fingerprint density at radius 3 is 2.71 bits per heavy atom. The van der Waals surface area contributed by atoms with Crippen LogP contribution in [0.1, 0.15) is 47.8 Å². The second-order valence-electron chi connectivity index (χ2n) is 6.21. The van der Waals surface area contributed by atoms with E-state index in [1.54, 1.807) is 26.0 Å². The standard InChI is InChI=1S/C18H20FNO3S/c1-10-15-13(19)8-5-9-14(15)24-16(10)18(22)23-11(2)17(21)20-12-6-3-4-7-12/h5,8-9,11-12H,3-4,6-7H2,1-2H3,(H,20,21)/t11-/m1/s1. The maximum Gasteiger partial charge on any atom is 0.349 e. The van der Waals surface area contributed by atoms with Gasteiger partial charge in [0.1, 0.15) is 10.7 Å². The van der Waals surface area contributed by atoms with Gasteiger partial charge in [0.2, 0.25) is 0 Å². The molecule has 1 aromatic carbocycles. The molecular weight excluding hydrogens is 329 g/mol. The molecule has 0 saturated heterocycles. The minimum atomic E-state index is -0.868. The van der Waals surface area contributed by atoms with Gasteiger partial charge in [0, 0.05) is 16.1 Å². The molecule has 24 heavy (non-hydrogen) atoms. The first-order valence-corrected chi connectivity index (χ1v) is 8.98. The lowest BCUT2D eigenvalue weighted by atomic mass is 10.1. The van der Waals surface area contributed by atoms with E-state index in [4.69, 9.17) is 4.74 Å². The van der Waals surface area contributed by atoms with Crippen molar-refractivity contribution in [2.24, 2.45) is 0 Å². The third kappa shape index (κ3) is 3.29. The molecule has 1 heterocycles. The quantitative estimate of drug-likeness (QED) is 0.850. The van der Waals surface area contributed by atoms with Crippen molar-refractivity contribution in [2.75, 3.05) is 0 Å². The second-order valence-corrected chi connectivity index (χ2v) is 7.26. The van der Waals surface area contributed by atoms with Crippen molar-refractivity contribution >= 4 is 33.3 Å². The summed E-state index contributed by atoms with van der Waals surface area (Å²) in [6.07, 6.45) is 3.31. The van der Waals surface area contributed by atoms with Gasteiger partial charge in [0.25, 0.3) is 5.91 Å². The molecule has 1 atom stereocenters. The van der Waals surface area contributed by atoms with Crippen LogP contribution in [0.3, 0.4) is 0 Å². The van der Waals surface area contributed by atoms with Crippen molar-refractivity contribution < 1.29 is 18.7 Å². The summed E-state index contributed by atoms with van der Waals surface area (Å²) in [4.78, 5) is 24.9. The predicted molar refractivity (Wildman–Crippen MR) is 91.8 cm³/mol. The zero-order valence-electron chi connectivity index (χ0n) is 13.7. The molecule has 4 nitrogen and oxygen atoms in total. The highest BCUT2D eigenvalue weighted by atomic mass is 32.1. The van der Waals surface area contributed by atoms with E-state index < -0.39 is 12.1 Å². The summed E-state index contributed by atoms with van der Waals surface area (Å²) in [6, 6.07) is 4.93. The van der Waals surface area contributed by atoms with E-state index in [1.165, 1.54) is 17.4 Å². The second kappa shape index (κ2) is 6.89. The largest absolute Gasteiger partial charge is 0.448 e. The Balaban J connectivity index is 1.71. The predicted octanol–water partition coefficient (Wildman–Crippen LogP) is 3.95. The summed E-state index contributed by atoms with van der Waals surface area (Å²) in [5.41, 5.74) is 0.557. The third-order valence-electron chi connectivity index (χ3n) is 4.44. The lowest BCUT2D eigenvalue weighted by molar-refractivity contribution is -0.129. The number of hydrogen-bond acceptors (Lipinski definition) is 4. The van der Waals surface area contributed by atoms with Gasteiger partial charge in [-0.25, -0.2) is 9.18 Å². The van der Waals surface area contributed by atoms with Crippen molar-refractivity contribution in [3.8, 4) is 0 Å². The highest BCUT2D eigenvalue weighted by molar-refractivity contribution is 7.21. The summed E-state index contributed by atoms with van der Waals surface area (Å²) in [5.74, 6) is -1.21. The SMILES string of the molecule is Cc1c(C(=O)O[C@H](C)C(=O)NC2CCCC2)sc2cccc(F)c12. The fourth-order valence-corrected chi connectivity index (χ4v) is 4.21. The van der Waals surface area contributed by atoms with Gasteiger partial charge in [-0.15, -0.1) is 11.3 Å². The van der Waals surface area contributed by atoms with Crippen LogP contribution in [-0.2, 0) is 9.53 Å². The van der Waals surface area contributed by atoms with Crippen molar-refractivity contribution in [2.45, 2.75) is 51.7 Å². The van der Waals surface area contributed by atoms with Gasteiger partial charge in [-0.1, -0.05) is 18.9 Å². The first kappa shape index (κ1) is 16.9. The van der Waals surface area contributed by atoms with Crippen LogP contribution in [0.4, 0.5) is 4.39 Å². The van der Waals surface area contributed by atoms with E-state index in [1.807, 2.05) is 0 Å². The number of fused-ring (bicyclic) bond motifs is 1. The van der Waals surface area contributed by atoms with E-state index in [-0.39, 0.29) is 17.8 Å². The monoisotopic (exact) mass is 349 g/mol. The number of carbonyl (C=O) groups is 2. The zero-order chi connectivity index (χ0) is 17.3. The summed E-state index contributed by atoms with van der Waals surface area (Å²) in [7, 11) is 0. The molecule has 2 aromatic rings. The first-order valence-electron chi connectivity index (χ1n) is 8.16. The van der Waals surface area contributed by atoms with Crippen molar-refractivity contribution in [1.29, 1.82) is 0 Å². The summed E-state index contributed by atoms with van der Waals surface area (Å²) >= 11 is 1.19. The van der Waals surface area contributed by atoms with Crippen LogP contribution in [0.15, 0.2) is 18.2 Å². The summed E-state index contributed by atoms with van der Waals surface area (Å²) < 4.78 is 19.9. The molecule has 0 bridgehead atoms. The van der Waals surface area contributed by atoms with E-state index in [0.717, 1.165) is 25.7 Å². The minimum Gasteiger partial charge on any atom is -0.448 e. The van der Waals surface area contributed by atoms with E-state index in [2.05, 4.69) is 5.32 Å². The Hall–Kier alpha value is -1.95. The molecular formula is C18H20FNO3S. The van der Waals surface area contributed by atoms with Crippen molar-refractivity contribution in [3.63, 3.8) is 0 Å². The number of thiophene rings is 1. The van der Waals surface area contributed by atoms with Gasteiger partial charge in [0.15, 0.2) is 6.10 Å². The van der Waals surface area contributed by atoms with Crippen molar-refractivity contribution in [1.82, 2.24) is 5.32 Å². The molecule has 128 valence electrons. The van der Waals surface area contributed by atoms with Crippen LogP contribution in [0.5, 0.6) is 0 Å². The molecule has 0 aliphatic heterocycles. The number of amides is 1. The number of rotatable bonds is 4. The van der Waals surface area contributed by atoms with Crippen LogP contribution < -0.4 is 5.32 Å². The molecule has 1 fully saturated rings. The van der Waals surface area contributed by atoms with Gasteiger partial charge in [-0.2, -0.15) is 0 Å². The number of nitrogens with one attached hydrogen (secondary N) is 1. The number of benzene rings is 1. The molecule has 0 unspecified atom stereocenters. The average molecular weight is 349 g/mol. The maximum atomic E-state index is 13.9. The summed E-state index contributed by atoms with van der Waals surface area (Å²) in [6.45, 7) is 3.26. The van der Waals surface area contributed by atoms with Gasteiger partial charge in [-0.05, 0) is 44.4 Å². The topological polar surface area (TPSA) is 55.4 Å². The molecule has 0 radical (unpaired) electrons. The summed E-state index contributed by atoms with van der Waals surface area (Å²) in [5, 5.41) is 3.36. The first-order chi connectivity index (χ1) is 11.5. The number of carbonyl (C=O) groups excluding carboxylic acids is 2. The van der Waals surface area contributed by atoms with Gasteiger partial charge in [0.05, 0.1) is 0 Å². The number of esters is 1. The Bertz CT molecular complexity index is 780. The van der Waals surface area contributed by atoms with E-state index in [0.29, 0.717) is 20.5 Å². The normalized spacial score (nSPS) is 16.3. The lowest BCUT2D eigenvalue weighted by Crippen LogP contribution is -2.40. The number of aryl methyl sites for hydroxylation is 1. The number of halogens is 1. The molecule has 1 N–H and O–H groups in total. The van der Waals surface area contributed by atoms with Crippen LogP contribution in [0.2, 0.25) is 0 Å². The highest BCUT2D eigenvalue weighted by Crippen LogP contribution is 2.33. The third-order valence-corrected chi connectivity index (χ3v) is 5.68. The fourth-order valence-electron chi connectivity index (χ4n) is 3.10. The smallest absolute Gasteiger partial charge is 0.349 e. The lowest BCUT2D eigenvalue weighted by Gasteiger charge is -2.17. The molecule has 1 aliphatic carbocycles. The fraction of sp³-hybridized carbons (Fsp3) is 0.444. The maximum absolute atomic E-state index is 13.9. The number of hydrogen-bond donors (Lipinski definition) is 1. The van der Waals surface area contributed by atoms with Crippen LogP contribution >= 0.6 is 11.3 Å². The average Bonchev–Trinajstić information content (AvgIpc) is 3.16. The van der Waals surface area contributed by atoms with Crippen LogP contribution in [0.25, 0.3) is 10.1 Å². The molecule has 1 aromatic heterocycles. The molecule has 0 spiro atoms. The van der Waals surface area contributed by atoms with Gasteiger partial charge in [-0.3, -0.25) is 4.79 Å². The molecule has 1 amide bonds. The highest BCUT2D eigenvalue weighted by Gasteiger charge is 2.25. The number of ether oxygens (including phenoxy) is 1. The Kier molecular flexibility index (Phi) is 4.85. The van der Waals surface area contributed by atoms with Crippen LogP contribution in [0, 0.1) is 12.7 Å². The molecule has 3 rings (SSSR count). The zero-order valence-corrected chi connectivity index (χ0v) is 14.5. The Morgan fingerprint density at radius 2 is 2.04 bits per heavy atom. The van der Waals surface area contributed by atoms with Gasteiger partial charge < -0.3 is 10.1 Å². The molecule has 1 saturated carbocycles. The Morgan fingerprint density at radius 1 is 1.33 bits per heavy atom. The van der Waals surface area contributed by atoms with Crippen LogP contribution in [-0.4, -0.2) is 24.0 Å². The molecule has 1 aliphatic rings. The van der Waals surface area contributed by atoms with Crippen molar-refractivity contribution in [3.05, 3.63) is 34.5 Å². The van der Waals surface area contributed by atoms with Gasteiger partial charge >= 0.3 is 5.97 Å².